The van der Waals surface area contributed by atoms with Gasteiger partial charge in [0.15, 0.2) is 0 Å². The van der Waals surface area contributed by atoms with Crippen LogP contribution in [0.2, 0.25) is 5.02 Å². The second-order valence-electron chi connectivity index (χ2n) is 5.44. The van der Waals surface area contributed by atoms with E-state index in [-0.39, 0.29) is 0 Å². The Bertz CT molecular complexity index is 652. The molecule has 0 amide bonds. The highest BCUT2D eigenvalue weighted by atomic mass is 35.5. The lowest BCUT2D eigenvalue weighted by molar-refractivity contribution is -0.137. The van der Waals surface area contributed by atoms with Crippen molar-refractivity contribution in [2.24, 2.45) is 0 Å². The summed E-state index contributed by atoms with van der Waals surface area (Å²) in [6.07, 6.45) is -2.89. The Morgan fingerprint density at radius 2 is 1.91 bits per heavy atom. The van der Waals surface area contributed by atoms with E-state index >= 15 is 0 Å². The van der Waals surface area contributed by atoms with E-state index in [4.69, 9.17) is 16.0 Å². The molecule has 3 rings (SSSR count). The maximum absolute atomic E-state index is 13.1. The summed E-state index contributed by atoms with van der Waals surface area (Å²) in [5, 5.41) is 3.53. The number of halogens is 4. The highest BCUT2D eigenvalue weighted by molar-refractivity contribution is 6.31. The molecule has 0 unspecified atom stereocenters. The molecule has 124 valence electrons. The second-order valence-corrected chi connectivity index (χ2v) is 5.85. The molecule has 1 aromatic carbocycles. The Kier molecular flexibility index (Phi) is 4.66. The van der Waals surface area contributed by atoms with Crippen molar-refractivity contribution in [1.29, 1.82) is 0 Å². The summed E-state index contributed by atoms with van der Waals surface area (Å²) in [7, 11) is 0. The molecule has 0 bridgehead atoms. The molecule has 1 aliphatic rings. The third kappa shape index (κ3) is 3.54. The molecule has 1 fully saturated rings. The number of nitrogens with one attached hydrogen (secondary N) is 1. The van der Waals surface area contributed by atoms with Crippen LogP contribution < -0.4 is 5.32 Å². The number of benzene rings is 1. The molecule has 1 aliphatic heterocycles. The van der Waals surface area contributed by atoms with E-state index in [0.29, 0.717) is 29.4 Å². The topological polar surface area (TPSA) is 28.4 Å². The van der Waals surface area contributed by atoms with Crippen LogP contribution in [0, 0.1) is 0 Å². The number of hydrogen-bond donors (Lipinski definition) is 1. The standard InChI is InChI=1S/C16H16ClF3N2O/c17-13-4-3-11(16(18,19)20)10-12(13)15(14-2-1-9-23-14)22-7-5-21-6-8-22/h1-4,9-10,15,21H,5-8H2/t15-/m0/s1. The number of piperazine rings is 1. The van der Waals surface area contributed by atoms with Crippen LogP contribution in [0.5, 0.6) is 0 Å². The van der Waals surface area contributed by atoms with Gasteiger partial charge in [-0.2, -0.15) is 13.2 Å². The van der Waals surface area contributed by atoms with Crippen molar-refractivity contribution in [3.05, 3.63) is 58.5 Å². The van der Waals surface area contributed by atoms with Gasteiger partial charge in [-0.1, -0.05) is 11.6 Å². The molecular weight excluding hydrogens is 329 g/mol. The van der Waals surface area contributed by atoms with E-state index in [2.05, 4.69) is 10.2 Å². The normalized spacial score (nSPS) is 18.1. The fourth-order valence-corrected chi connectivity index (χ4v) is 3.07. The van der Waals surface area contributed by atoms with Gasteiger partial charge in [0.1, 0.15) is 5.76 Å². The van der Waals surface area contributed by atoms with Crippen LogP contribution in [-0.4, -0.2) is 31.1 Å². The van der Waals surface area contributed by atoms with Crippen molar-refractivity contribution in [2.45, 2.75) is 12.2 Å². The minimum atomic E-state index is -4.41. The zero-order valence-electron chi connectivity index (χ0n) is 12.2. The first kappa shape index (κ1) is 16.4. The van der Waals surface area contributed by atoms with Crippen LogP contribution in [0.4, 0.5) is 13.2 Å². The minimum absolute atomic E-state index is 0.304. The van der Waals surface area contributed by atoms with Crippen LogP contribution in [-0.2, 0) is 6.18 Å². The van der Waals surface area contributed by atoms with Crippen LogP contribution in [0.25, 0.3) is 0 Å². The van der Waals surface area contributed by atoms with E-state index in [1.54, 1.807) is 12.1 Å². The molecule has 7 heteroatoms. The van der Waals surface area contributed by atoms with Gasteiger partial charge in [-0.3, -0.25) is 4.90 Å². The summed E-state index contributed by atoms with van der Waals surface area (Å²) in [5.74, 6) is 0.591. The maximum Gasteiger partial charge on any atom is 0.416 e. The predicted octanol–water partition coefficient (Wildman–Crippen LogP) is 3.95. The summed E-state index contributed by atoms with van der Waals surface area (Å²) < 4.78 is 44.7. The maximum atomic E-state index is 13.1. The van der Waals surface area contributed by atoms with E-state index in [0.717, 1.165) is 25.2 Å². The van der Waals surface area contributed by atoms with Gasteiger partial charge in [0.2, 0.25) is 0 Å². The second kappa shape index (κ2) is 6.55. The number of rotatable bonds is 3. The van der Waals surface area contributed by atoms with Crippen molar-refractivity contribution in [3.63, 3.8) is 0 Å². The molecule has 1 atom stereocenters. The van der Waals surface area contributed by atoms with Crippen LogP contribution in [0.3, 0.4) is 0 Å². The Labute approximate surface area is 137 Å². The fourth-order valence-electron chi connectivity index (χ4n) is 2.85. The lowest BCUT2D eigenvalue weighted by Crippen LogP contribution is -2.45. The third-order valence-corrected chi connectivity index (χ3v) is 4.29. The van der Waals surface area contributed by atoms with Crippen LogP contribution in [0.15, 0.2) is 41.0 Å². The predicted molar refractivity (Wildman–Crippen MR) is 81.4 cm³/mol. The van der Waals surface area contributed by atoms with Crippen LogP contribution >= 0.6 is 11.6 Å². The fraction of sp³-hybridized carbons (Fsp3) is 0.375. The molecule has 0 radical (unpaired) electrons. The molecular formula is C16H16ClF3N2O. The monoisotopic (exact) mass is 344 g/mol. The summed E-state index contributed by atoms with van der Waals surface area (Å²) in [5.41, 5.74) is -0.290. The zero-order chi connectivity index (χ0) is 16.4. The van der Waals surface area contributed by atoms with Crippen molar-refractivity contribution >= 4 is 11.6 Å². The Balaban J connectivity index is 2.06. The van der Waals surface area contributed by atoms with Crippen molar-refractivity contribution in [3.8, 4) is 0 Å². The quantitative estimate of drug-likeness (QED) is 0.914. The largest absolute Gasteiger partial charge is 0.467 e. The molecule has 1 aromatic heterocycles. The van der Waals surface area contributed by atoms with E-state index in [1.165, 1.54) is 12.3 Å². The van der Waals surface area contributed by atoms with Gasteiger partial charge in [-0.25, -0.2) is 0 Å². The average molecular weight is 345 g/mol. The SMILES string of the molecule is FC(F)(F)c1ccc(Cl)c([C@@H](c2ccco2)N2CCNCC2)c1. The first-order chi connectivity index (χ1) is 11.0. The number of nitrogens with zero attached hydrogens (tertiary/aromatic N) is 1. The number of hydrogen-bond acceptors (Lipinski definition) is 3. The number of furan rings is 1. The number of alkyl halides is 3. The minimum Gasteiger partial charge on any atom is -0.467 e. The summed E-state index contributed by atoms with van der Waals surface area (Å²) in [6, 6.07) is 6.50. The summed E-state index contributed by atoms with van der Waals surface area (Å²) >= 11 is 6.23. The molecule has 1 N–H and O–H groups in total. The van der Waals surface area contributed by atoms with Gasteiger partial charge >= 0.3 is 6.18 Å². The molecule has 0 spiro atoms. The van der Waals surface area contributed by atoms with Gasteiger partial charge in [-0.05, 0) is 35.9 Å². The van der Waals surface area contributed by atoms with Gasteiger partial charge in [0.25, 0.3) is 0 Å². The Hall–Kier alpha value is -1.50. The zero-order valence-corrected chi connectivity index (χ0v) is 13.0. The Morgan fingerprint density at radius 1 is 1.17 bits per heavy atom. The first-order valence-electron chi connectivity index (χ1n) is 7.31. The van der Waals surface area contributed by atoms with Crippen LogP contribution in [0.1, 0.15) is 22.9 Å². The van der Waals surface area contributed by atoms with Gasteiger partial charge in [0.05, 0.1) is 17.9 Å². The lowest BCUT2D eigenvalue weighted by Gasteiger charge is -2.34. The molecule has 0 aliphatic carbocycles. The summed E-state index contributed by atoms with van der Waals surface area (Å²) in [6.45, 7) is 2.96. The van der Waals surface area contributed by atoms with Gasteiger partial charge < -0.3 is 9.73 Å². The molecule has 2 aromatic rings. The summed E-state index contributed by atoms with van der Waals surface area (Å²) in [4.78, 5) is 2.08. The average Bonchev–Trinajstić information content (AvgIpc) is 3.03. The molecule has 23 heavy (non-hydrogen) atoms. The van der Waals surface area contributed by atoms with Crippen molar-refractivity contribution in [1.82, 2.24) is 10.2 Å². The first-order valence-corrected chi connectivity index (χ1v) is 7.69. The van der Waals surface area contributed by atoms with Gasteiger partial charge in [0, 0.05) is 31.2 Å². The molecule has 0 saturated carbocycles. The highest BCUT2D eigenvalue weighted by Gasteiger charge is 2.34. The van der Waals surface area contributed by atoms with Crippen molar-refractivity contribution in [2.75, 3.05) is 26.2 Å². The van der Waals surface area contributed by atoms with E-state index in [1.807, 2.05) is 0 Å². The molecule has 3 nitrogen and oxygen atoms in total. The highest BCUT2D eigenvalue weighted by Crippen LogP contribution is 2.38. The van der Waals surface area contributed by atoms with Crippen molar-refractivity contribution < 1.29 is 17.6 Å². The van der Waals surface area contributed by atoms with E-state index in [9.17, 15) is 13.2 Å². The van der Waals surface area contributed by atoms with Gasteiger partial charge in [-0.15, -0.1) is 0 Å². The molecule has 1 saturated heterocycles. The smallest absolute Gasteiger partial charge is 0.416 e. The molecule has 2 heterocycles. The Morgan fingerprint density at radius 3 is 2.52 bits per heavy atom. The van der Waals surface area contributed by atoms with E-state index < -0.39 is 17.8 Å². The third-order valence-electron chi connectivity index (χ3n) is 3.95. The lowest BCUT2D eigenvalue weighted by atomic mass is 9.99.